The maximum atomic E-state index is 14.5. The van der Waals surface area contributed by atoms with Gasteiger partial charge in [-0.3, -0.25) is 4.79 Å². The molecule has 1 amide bonds. The van der Waals surface area contributed by atoms with Gasteiger partial charge >= 0.3 is 0 Å². The minimum absolute atomic E-state index is 0.00201. The van der Waals surface area contributed by atoms with Crippen LogP contribution in [0.25, 0.3) is 0 Å². The number of pyridine rings is 1. The number of methoxy groups -OCH3 is 1. The Morgan fingerprint density at radius 3 is 2.59 bits per heavy atom. The number of benzene rings is 1. The molecule has 0 spiro atoms. The lowest BCUT2D eigenvalue weighted by Gasteiger charge is -2.24. The van der Waals surface area contributed by atoms with Gasteiger partial charge in [-0.25, -0.2) is 9.37 Å². The lowest BCUT2D eigenvalue weighted by Crippen LogP contribution is -2.24. The Bertz CT molecular complexity index is 835. The molecule has 0 saturated heterocycles. The smallest absolute Gasteiger partial charge is 0.252 e. The van der Waals surface area contributed by atoms with Crippen molar-refractivity contribution in [2.45, 2.75) is 45.1 Å². The Balaban J connectivity index is 1.93. The average Bonchev–Trinajstić information content (AvgIpc) is 2.64. The van der Waals surface area contributed by atoms with Crippen LogP contribution in [-0.2, 0) is 0 Å². The highest BCUT2D eigenvalue weighted by atomic mass is 19.1. The predicted molar refractivity (Wildman–Crippen MR) is 104 cm³/mol. The lowest BCUT2D eigenvalue weighted by molar-refractivity contribution is 0.100. The molecule has 0 bridgehead atoms. The standard InChI is InChI=1S/C20H25FN4O2/c1-12-8-14(10-15(9-12)27-2)24-19-16(18(22)26)11-17(21)20(25-19)23-13-6-4-3-5-7-13/h8-11,13H,3-7H2,1-2H3,(H2,22,26)(H2,23,24,25). The summed E-state index contributed by atoms with van der Waals surface area (Å²) in [5.41, 5.74) is 7.08. The van der Waals surface area contributed by atoms with E-state index in [1.807, 2.05) is 19.1 Å². The van der Waals surface area contributed by atoms with Crippen molar-refractivity contribution in [1.29, 1.82) is 0 Å². The van der Waals surface area contributed by atoms with Crippen molar-refractivity contribution in [3.8, 4) is 5.75 Å². The topological polar surface area (TPSA) is 89.3 Å². The number of carbonyl (C=O) groups is 1. The molecule has 1 fully saturated rings. The number of nitrogens with zero attached hydrogens (tertiary/aromatic N) is 1. The van der Waals surface area contributed by atoms with E-state index in [0.29, 0.717) is 11.4 Å². The van der Waals surface area contributed by atoms with Gasteiger partial charge in [0.25, 0.3) is 5.91 Å². The largest absolute Gasteiger partial charge is 0.497 e. The van der Waals surface area contributed by atoms with E-state index in [1.165, 1.54) is 6.42 Å². The summed E-state index contributed by atoms with van der Waals surface area (Å²) in [6, 6.07) is 6.86. The molecule has 0 unspecified atom stereocenters. The summed E-state index contributed by atoms with van der Waals surface area (Å²) < 4.78 is 19.8. The number of hydrogen-bond acceptors (Lipinski definition) is 5. The zero-order valence-electron chi connectivity index (χ0n) is 15.6. The van der Waals surface area contributed by atoms with E-state index in [0.717, 1.165) is 37.3 Å². The molecule has 3 rings (SSSR count). The van der Waals surface area contributed by atoms with Crippen LogP contribution in [0.4, 0.5) is 21.7 Å². The van der Waals surface area contributed by atoms with Crippen LogP contribution in [0.2, 0.25) is 0 Å². The van der Waals surface area contributed by atoms with E-state index in [9.17, 15) is 9.18 Å². The Morgan fingerprint density at radius 2 is 1.93 bits per heavy atom. The molecule has 0 atom stereocenters. The summed E-state index contributed by atoms with van der Waals surface area (Å²) in [4.78, 5) is 16.1. The number of halogens is 1. The second-order valence-corrected chi connectivity index (χ2v) is 6.92. The van der Waals surface area contributed by atoms with Crippen LogP contribution < -0.4 is 21.1 Å². The van der Waals surface area contributed by atoms with Crippen LogP contribution in [0.3, 0.4) is 0 Å². The Labute approximate surface area is 158 Å². The molecule has 27 heavy (non-hydrogen) atoms. The minimum atomic E-state index is -0.743. The van der Waals surface area contributed by atoms with E-state index < -0.39 is 11.7 Å². The molecule has 7 heteroatoms. The molecule has 0 aliphatic heterocycles. The zero-order valence-corrected chi connectivity index (χ0v) is 15.6. The fraction of sp³-hybridized carbons (Fsp3) is 0.400. The van der Waals surface area contributed by atoms with Gasteiger partial charge < -0.3 is 21.1 Å². The normalized spacial score (nSPS) is 14.6. The third-order valence-electron chi connectivity index (χ3n) is 4.74. The summed E-state index contributed by atoms with van der Waals surface area (Å²) in [7, 11) is 1.58. The van der Waals surface area contributed by atoms with Gasteiger partial charge in [-0.15, -0.1) is 0 Å². The molecule has 1 aliphatic carbocycles. The van der Waals surface area contributed by atoms with Crippen LogP contribution in [0.1, 0.15) is 48.0 Å². The van der Waals surface area contributed by atoms with Crippen LogP contribution in [-0.4, -0.2) is 24.0 Å². The highest BCUT2D eigenvalue weighted by Gasteiger charge is 2.20. The second kappa shape index (κ2) is 8.24. The molecule has 0 radical (unpaired) electrons. The number of nitrogens with two attached hydrogens (primary N) is 1. The minimum Gasteiger partial charge on any atom is -0.497 e. The molecular weight excluding hydrogens is 347 g/mol. The quantitative estimate of drug-likeness (QED) is 0.710. The SMILES string of the molecule is COc1cc(C)cc(Nc2nc(NC3CCCCC3)c(F)cc2C(N)=O)c1. The number of amides is 1. The number of nitrogens with one attached hydrogen (secondary N) is 2. The van der Waals surface area contributed by atoms with E-state index in [1.54, 1.807) is 13.2 Å². The van der Waals surface area contributed by atoms with E-state index >= 15 is 0 Å². The molecule has 1 heterocycles. The third kappa shape index (κ3) is 4.67. The highest BCUT2D eigenvalue weighted by Crippen LogP contribution is 2.28. The first-order chi connectivity index (χ1) is 13.0. The summed E-state index contributed by atoms with van der Waals surface area (Å²) in [6.45, 7) is 1.93. The van der Waals surface area contributed by atoms with Crippen LogP contribution in [0, 0.1) is 12.7 Å². The Morgan fingerprint density at radius 1 is 1.19 bits per heavy atom. The van der Waals surface area contributed by atoms with Crippen LogP contribution in [0.15, 0.2) is 24.3 Å². The molecule has 1 saturated carbocycles. The van der Waals surface area contributed by atoms with Crippen molar-refractivity contribution in [3.05, 3.63) is 41.2 Å². The molecule has 2 aromatic rings. The summed E-state index contributed by atoms with van der Waals surface area (Å²) in [5.74, 6) is -0.306. The van der Waals surface area contributed by atoms with Gasteiger partial charge in [-0.1, -0.05) is 19.3 Å². The van der Waals surface area contributed by atoms with Gasteiger partial charge in [0.05, 0.1) is 12.7 Å². The number of carbonyl (C=O) groups excluding carboxylic acids is 1. The number of hydrogen-bond donors (Lipinski definition) is 3. The third-order valence-corrected chi connectivity index (χ3v) is 4.74. The van der Waals surface area contributed by atoms with Gasteiger partial charge in [0.2, 0.25) is 0 Å². The van der Waals surface area contributed by atoms with Gasteiger partial charge in [0.1, 0.15) is 11.6 Å². The molecule has 1 aliphatic rings. The van der Waals surface area contributed by atoms with Crippen molar-refractivity contribution < 1.29 is 13.9 Å². The predicted octanol–water partition coefficient (Wildman–Crippen LogP) is 4.12. The number of aryl methyl sites for hydroxylation is 1. The Kier molecular flexibility index (Phi) is 5.78. The molecule has 6 nitrogen and oxygen atoms in total. The van der Waals surface area contributed by atoms with Gasteiger partial charge in [-0.05, 0) is 43.5 Å². The van der Waals surface area contributed by atoms with Crippen molar-refractivity contribution in [2.75, 3.05) is 17.7 Å². The first kappa shape index (κ1) is 18.9. The van der Waals surface area contributed by atoms with Crippen LogP contribution in [0.5, 0.6) is 5.75 Å². The molecular formula is C20H25FN4O2. The fourth-order valence-corrected chi connectivity index (χ4v) is 3.39. The first-order valence-corrected chi connectivity index (χ1v) is 9.16. The van der Waals surface area contributed by atoms with Crippen molar-refractivity contribution in [1.82, 2.24) is 4.98 Å². The zero-order chi connectivity index (χ0) is 19.4. The molecule has 1 aromatic heterocycles. The van der Waals surface area contributed by atoms with E-state index in [2.05, 4.69) is 15.6 Å². The highest BCUT2D eigenvalue weighted by molar-refractivity contribution is 5.98. The second-order valence-electron chi connectivity index (χ2n) is 6.92. The lowest BCUT2D eigenvalue weighted by atomic mass is 9.95. The van der Waals surface area contributed by atoms with Gasteiger partial charge in [-0.2, -0.15) is 0 Å². The van der Waals surface area contributed by atoms with Gasteiger partial charge in [0, 0.05) is 17.8 Å². The van der Waals surface area contributed by atoms with Crippen molar-refractivity contribution >= 4 is 23.2 Å². The van der Waals surface area contributed by atoms with E-state index in [4.69, 9.17) is 10.5 Å². The number of primary amides is 1. The fourth-order valence-electron chi connectivity index (χ4n) is 3.39. The van der Waals surface area contributed by atoms with Crippen molar-refractivity contribution in [3.63, 3.8) is 0 Å². The molecule has 144 valence electrons. The van der Waals surface area contributed by atoms with Crippen molar-refractivity contribution in [2.24, 2.45) is 5.73 Å². The number of ether oxygens (including phenoxy) is 1. The summed E-state index contributed by atoms with van der Waals surface area (Å²) in [5, 5.41) is 6.25. The number of aromatic nitrogens is 1. The van der Waals surface area contributed by atoms with E-state index in [-0.39, 0.29) is 23.2 Å². The summed E-state index contributed by atoms with van der Waals surface area (Å²) in [6.07, 6.45) is 5.41. The van der Waals surface area contributed by atoms with Crippen LogP contribution >= 0.6 is 0 Å². The molecule has 1 aromatic carbocycles. The first-order valence-electron chi connectivity index (χ1n) is 9.16. The van der Waals surface area contributed by atoms with Gasteiger partial charge in [0.15, 0.2) is 11.6 Å². The monoisotopic (exact) mass is 372 g/mol. The maximum Gasteiger partial charge on any atom is 0.252 e. The maximum absolute atomic E-state index is 14.5. The summed E-state index contributed by atoms with van der Waals surface area (Å²) >= 11 is 0. The number of anilines is 3. The molecule has 4 N–H and O–H groups in total. The average molecular weight is 372 g/mol. The Hall–Kier alpha value is -2.83. The number of rotatable bonds is 6.